The molecule has 132 valence electrons. The summed E-state index contributed by atoms with van der Waals surface area (Å²) in [7, 11) is -2.07. The Labute approximate surface area is 160 Å². The molecule has 1 nitrogen and oxygen atoms in total. The van der Waals surface area contributed by atoms with Crippen LogP contribution in [-0.4, -0.2) is 5.29 Å². The third kappa shape index (κ3) is 2.83. The Kier molecular flexibility index (Phi) is 5.00. The Morgan fingerprint density at radius 1 is 0.923 bits per heavy atom. The molecule has 2 aromatic carbocycles. The highest BCUT2D eigenvalue weighted by atomic mass is 32.1. The van der Waals surface area contributed by atoms with Crippen molar-refractivity contribution in [1.82, 2.24) is 0 Å². The van der Waals surface area contributed by atoms with E-state index in [1.807, 2.05) is 0 Å². The number of allylic oxidation sites excluding steroid dienone is 1. The van der Waals surface area contributed by atoms with Crippen LogP contribution in [0, 0.1) is 0 Å². The van der Waals surface area contributed by atoms with Crippen LogP contribution >= 0.6 is 18.4 Å². The fourth-order valence-corrected chi connectivity index (χ4v) is 8.33. The molecule has 2 heterocycles. The van der Waals surface area contributed by atoms with Crippen molar-refractivity contribution >= 4 is 34.4 Å². The van der Waals surface area contributed by atoms with Crippen LogP contribution in [0.3, 0.4) is 0 Å². The third-order valence-corrected chi connectivity index (χ3v) is 9.60. The standard InChI is InChI=1S/C23H23OPS/c1-3-11-21-18(2)25(19-12-6-4-7-13-19,20-14-8-5-9-15-20)24-23(21)22-16-10-17-26-22/h4-17,23H,3H2,1-2H3/b21-11+. The van der Waals surface area contributed by atoms with E-state index in [0.717, 1.165) is 6.42 Å². The minimum atomic E-state index is -2.07. The maximum Gasteiger partial charge on any atom is 0.122 e. The quantitative estimate of drug-likeness (QED) is 0.511. The zero-order chi connectivity index (χ0) is 18.0. The summed E-state index contributed by atoms with van der Waals surface area (Å²) in [6.07, 6.45) is 3.40. The summed E-state index contributed by atoms with van der Waals surface area (Å²) in [4.78, 5) is 1.29. The van der Waals surface area contributed by atoms with Gasteiger partial charge in [-0.15, -0.1) is 11.3 Å². The largest absolute Gasteiger partial charge is 0.339 e. The summed E-state index contributed by atoms with van der Waals surface area (Å²) in [6.45, 7) is 4.48. The second-order valence-electron chi connectivity index (χ2n) is 6.43. The lowest BCUT2D eigenvalue weighted by atomic mass is 10.0. The average molecular weight is 378 g/mol. The molecule has 1 atom stereocenters. The highest BCUT2D eigenvalue weighted by Gasteiger charge is 2.40. The van der Waals surface area contributed by atoms with E-state index in [1.165, 1.54) is 26.4 Å². The summed E-state index contributed by atoms with van der Waals surface area (Å²) in [5.74, 6) is 0. The van der Waals surface area contributed by atoms with Gasteiger partial charge in [0.05, 0.1) is 7.11 Å². The van der Waals surface area contributed by atoms with E-state index in [9.17, 15) is 0 Å². The number of rotatable bonds is 4. The van der Waals surface area contributed by atoms with Gasteiger partial charge in [-0.1, -0.05) is 79.7 Å². The summed E-state index contributed by atoms with van der Waals surface area (Å²) >= 11 is 1.78. The first-order valence-corrected chi connectivity index (χ1v) is 11.6. The van der Waals surface area contributed by atoms with Gasteiger partial charge in [-0.25, -0.2) is 0 Å². The molecule has 0 radical (unpaired) electrons. The summed E-state index contributed by atoms with van der Waals surface area (Å²) in [5.41, 5.74) is 1.36. The molecule has 26 heavy (non-hydrogen) atoms. The molecule has 1 aliphatic heterocycles. The molecule has 0 N–H and O–H groups in total. The summed E-state index contributed by atoms with van der Waals surface area (Å²) in [6, 6.07) is 25.9. The van der Waals surface area contributed by atoms with Crippen LogP contribution in [0.5, 0.6) is 0 Å². The van der Waals surface area contributed by atoms with Gasteiger partial charge in [0.25, 0.3) is 0 Å². The van der Waals surface area contributed by atoms with Crippen molar-refractivity contribution < 1.29 is 4.52 Å². The van der Waals surface area contributed by atoms with E-state index in [4.69, 9.17) is 4.52 Å². The highest BCUT2D eigenvalue weighted by Crippen LogP contribution is 2.60. The van der Waals surface area contributed by atoms with Crippen molar-refractivity contribution in [3.8, 4) is 0 Å². The predicted octanol–water partition coefficient (Wildman–Crippen LogP) is 5.93. The number of hydrogen-bond acceptors (Lipinski definition) is 2. The van der Waals surface area contributed by atoms with Gasteiger partial charge in [0, 0.05) is 15.5 Å². The van der Waals surface area contributed by atoms with E-state index in [2.05, 4.69) is 98.1 Å². The van der Waals surface area contributed by atoms with Crippen molar-refractivity contribution in [2.75, 3.05) is 0 Å². The van der Waals surface area contributed by atoms with Crippen molar-refractivity contribution in [1.29, 1.82) is 0 Å². The zero-order valence-corrected chi connectivity index (χ0v) is 16.8. The van der Waals surface area contributed by atoms with Crippen molar-refractivity contribution in [3.05, 3.63) is 94.7 Å². The molecule has 0 fully saturated rings. The Morgan fingerprint density at radius 2 is 1.54 bits per heavy atom. The normalized spacial score (nSPS) is 20.6. The van der Waals surface area contributed by atoms with E-state index in [0.29, 0.717) is 0 Å². The van der Waals surface area contributed by atoms with Crippen molar-refractivity contribution in [2.24, 2.45) is 0 Å². The smallest absolute Gasteiger partial charge is 0.122 e. The second kappa shape index (κ2) is 7.40. The maximum absolute atomic E-state index is 7.06. The minimum absolute atomic E-state index is 0.0312. The molecule has 1 unspecified atom stereocenters. The maximum atomic E-state index is 7.06. The van der Waals surface area contributed by atoms with Gasteiger partial charge >= 0.3 is 0 Å². The summed E-state index contributed by atoms with van der Waals surface area (Å²) < 4.78 is 7.06. The topological polar surface area (TPSA) is 9.23 Å². The molecule has 0 amide bonds. The number of benzene rings is 2. The van der Waals surface area contributed by atoms with Gasteiger partial charge in [-0.2, -0.15) is 0 Å². The van der Waals surface area contributed by atoms with Gasteiger partial charge in [0.1, 0.15) is 6.10 Å². The van der Waals surface area contributed by atoms with Crippen LogP contribution in [0.25, 0.3) is 0 Å². The predicted molar refractivity (Wildman–Crippen MR) is 116 cm³/mol. The molecule has 1 aromatic heterocycles. The molecule has 0 saturated heterocycles. The Morgan fingerprint density at radius 3 is 2.04 bits per heavy atom. The zero-order valence-electron chi connectivity index (χ0n) is 15.1. The Bertz CT molecular complexity index is 912. The van der Waals surface area contributed by atoms with Crippen LogP contribution in [0.1, 0.15) is 31.2 Å². The fraction of sp³-hybridized carbons (Fsp3) is 0.174. The van der Waals surface area contributed by atoms with Crippen LogP contribution in [0.15, 0.2) is 89.8 Å². The van der Waals surface area contributed by atoms with Gasteiger partial charge in [0.15, 0.2) is 0 Å². The molecule has 0 bridgehead atoms. The molecule has 0 aliphatic carbocycles. The van der Waals surface area contributed by atoms with Crippen molar-refractivity contribution in [2.45, 2.75) is 26.4 Å². The molecule has 4 rings (SSSR count). The Hall–Kier alpha value is -1.86. The van der Waals surface area contributed by atoms with E-state index in [1.54, 1.807) is 11.3 Å². The number of hydrogen-bond donors (Lipinski definition) is 0. The first kappa shape index (κ1) is 17.5. The second-order valence-corrected chi connectivity index (χ2v) is 10.5. The fourth-order valence-electron chi connectivity index (χ4n) is 3.72. The van der Waals surface area contributed by atoms with Crippen LogP contribution < -0.4 is 10.6 Å². The molecule has 3 heteroatoms. The van der Waals surface area contributed by atoms with Gasteiger partial charge in [0.2, 0.25) is 0 Å². The van der Waals surface area contributed by atoms with Crippen LogP contribution in [-0.2, 0) is 4.52 Å². The molecule has 0 saturated carbocycles. The van der Waals surface area contributed by atoms with E-state index in [-0.39, 0.29) is 6.10 Å². The Balaban J connectivity index is 2.01. The number of thiophene rings is 1. The van der Waals surface area contributed by atoms with Crippen LogP contribution in [0.4, 0.5) is 0 Å². The molecule has 3 aromatic rings. The van der Waals surface area contributed by atoms with Gasteiger partial charge in [-0.3, -0.25) is 0 Å². The monoisotopic (exact) mass is 378 g/mol. The SMILES string of the molecule is CC/C=C1\C(C)=P(c2ccccc2)(c2ccccc2)OC1c1cccs1. The molecule has 1 aliphatic rings. The highest BCUT2D eigenvalue weighted by molar-refractivity contribution is 7.86. The molecular formula is C23H23OPS. The van der Waals surface area contributed by atoms with Gasteiger partial charge < -0.3 is 4.52 Å². The summed E-state index contributed by atoms with van der Waals surface area (Å²) in [5, 5.41) is 6.13. The molecular weight excluding hydrogens is 355 g/mol. The minimum Gasteiger partial charge on any atom is -0.339 e. The third-order valence-electron chi connectivity index (χ3n) is 4.90. The lowest BCUT2D eigenvalue weighted by Crippen LogP contribution is -2.19. The molecule has 0 spiro atoms. The van der Waals surface area contributed by atoms with E-state index >= 15 is 0 Å². The first-order chi connectivity index (χ1) is 12.8. The lowest BCUT2D eigenvalue weighted by Gasteiger charge is -2.26. The van der Waals surface area contributed by atoms with Gasteiger partial charge in [-0.05, 0) is 35.7 Å². The first-order valence-electron chi connectivity index (χ1n) is 9.04. The van der Waals surface area contributed by atoms with E-state index < -0.39 is 7.11 Å². The lowest BCUT2D eigenvalue weighted by molar-refractivity contribution is 0.296. The van der Waals surface area contributed by atoms with Crippen molar-refractivity contribution in [3.63, 3.8) is 0 Å². The average Bonchev–Trinajstić information content (AvgIpc) is 3.32. The van der Waals surface area contributed by atoms with Crippen LogP contribution in [0.2, 0.25) is 0 Å².